The maximum atomic E-state index is 12.1. The van der Waals surface area contributed by atoms with Crippen LogP contribution < -0.4 is 5.32 Å². The van der Waals surface area contributed by atoms with Crippen molar-refractivity contribution in [2.45, 2.75) is 26.4 Å². The molecule has 2 aromatic heterocycles. The van der Waals surface area contributed by atoms with Crippen LogP contribution in [0.1, 0.15) is 17.7 Å². The first-order chi connectivity index (χ1) is 12.5. The van der Waals surface area contributed by atoms with Crippen LogP contribution in [0, 0.1) is 17.0 Å². The van der Waals surface area contributed by atoms with Gasteiger partial charge in [0, 0.05) is 18.7 Å². The van der Waals surface area contributed by atoms with E-state index >= 15 is 0 Å². The average Bonchev–Trinajstić information content (AvgIpc) is 3.20. The first-order valence-corrected chi connectivity index (χ1v) is 8.07. The molecule has 1 N–H and O–H groups in total. The van der Waals surface area contributed by atoms with Crippen molar-refractivity contribution < 1.29 is 9.72 Å². The fourth-order valence-electron chi connectivity index (χ4n) is 2.51. The van der Waals surface area contributed by atoms with Crippen molar-refractivity contribution in [3.05, 3.63) is 70.0 Å². The number of carbonyl (C=O) groups is 1. The molecule has 0 aliphatic rings. The van der Waals surface area contributed by atoms with Gasteiger partial charge in [0.05, 0.1) is 29.9 Å². The number of aromatic nitrogens is 4. The van der Waals surface area contributed by atoms with Gasteiger partial charge >= 0.3 is 5.82 Å². The van der Waals surface area contributed by atoms with Gasteiger partial charge < -0.3 is 15.4 Å². The standard InChI is InChI=1S/C17H18N6O3/c1-13-11-16(23(25)26)20-22(13)10-8-17(24)18-15-7-9-21(19-15)12-14-5-3-2-4-6-14/h2-7,9,11H,8,10,12H2,1H3,(H,18,19,24). The summed E-state index contributed by atoms with van der Waals surface area (Å²) in [6, 6.07) is 13.0. The van der Waals surface area contributed by atoms with Gasteiger partial charge in [0.25, 0.3) is 0 Å². The van der Waals surface area contributed by atoms with Gasteiger partial charge in [0.2, 0.25) is 5.91 Å². The largest absolute Gasteiger partial charge is 0.390 e. The monoisotopic (exact) mass is 354 g/mol. The SMILES string of the molecule is Cc1cc([N+](=O)[O-])nn1CCC(=O)Nc1ccn(Cc2ccccc2)n1. The van der Waals surface area contributed by atoms with E-state index in [9.17, 15) is 14.9 Å². The first-order valence-electron chi connectivity index (χ1n) is 8.07. The third kappa shape index (κ3) is 4.32. The number of hydrogen-bond acceptors (Lipinski definition) is 5. The zero-order chi connectivity index (χ0) is 18.5. The molecule has 0 aliphatic carbocycles. The molecule has 3 aromatic rings. The molecule has 0 atom stereocenters. The van der Waals surface area contributed by atoms with Gasteiger partial charge in [-0.05, 0) is 17.4 Å². The quantitative estimate of drug-likeness (QED) is 0.518. The second kappa shape index (κ2) is 7.60. The Morgan fingerprint density at radius 2 is 2.00 bits per heavy atom. The van der Waals surface area contributed by atoms with E-state index in [1.165, 1.54) is 10.7 Å². The van der Waals surface area contributed by atoms with Crippen molar-refractivity contribution in [3.63, 3.8) is 0 Å². The molecular weight excluding hydrogens is 336 g/mol. The zero-order valence-electron chi connectivity index (χ0n) is 14.2. The van der Waals surface area contributed by atoms with E-state index in [0.29, 0.717) is 18.1 Å². The molecule has 0 unspecified atom stereocenters. The number of nitro groups is 1. The van der Waals surface area contributed by atoms with Crippen LogP contribution in [0.2, 0.25) is 0 Å². The molecule has 2 heterocycles. The Morgan fingerprint density at radius 1 is 1.23 bits per heavy atom. The van der Waals surface area contributed by atoms with Crippen molar-refractivity contribution in [1.82, 2.24) is 19.6 Å². The number of amides is 1. The lowest BCUT2D eigenvalue weighted by molar-refractivity contribution is -0.389. The van der Waals surface area contributed by atoms with E-state index in [1.807, 2.05) is 30.3 Å². The highest BCUT2D eigenvalue weighted by Gasteiger charge is 2.16. The lowest BCUT2D eigenvalue weighted by Gasteiger charge is -2.03. The fourth-order valence-corrected chi connectivity index (χ4v) is 2.51. The Hall–Kier alpha value is -3.49. The molecule has 0 saturated heterocycles. The van der Waals surface area contributed by atoms with Crippen LogP contribution in [0.15, 0.2) is 48.7 Å². The highest BCUT2D eigenvalue weighted by molar-refractivity contribution is 5.89. The lowest BCUT2D eigenvalue weighted by atomic mass is 10.2. The number of aryl methyl sites for hydroxylation is 2. The second-order valence-electron chi connectivity index (χ2n) is 5.81. The Balaban J connectivity index is 1.53. The second-order valence-corrected chi connectivity index (χ2v) is 5.81. The van der Waals surface area contributed by atoms with Crippen LogP contribution >= 0.6 is 0 Å². The minimum Gasteiger partial charge on any atom is -0.358 e. The van der Waals surface area contributed by atoms with Gasteiger partial charge in [-0.15, -0.1) is 0 Å². The summed E-state index contributed by atoms with van der Waals surface area (Å²) in [7, 11) is 0. The molecule has 9 heteroatoms. The number of hydrogen-bond donors (Lipinski definition) is 1. The fraction of sp³-hybridized carbons (Fsp3) is 0.235. The molecule has 0 bridgehead atoms. The van der Waals surface area contributed by atoms with Crippen LogP contribution in [0.5, 0.6) is 0 Å². The molecule has 134 valence electrons. The molecule has 0 aliphatic heterocycles. The van der Waals surface area contributed by atoms with Gasteiger partial charge in [-0.1, -0.05) is 30.3 Å². The van der Waals surface area contributed by atoms with Gasteiger partial charge in [0.15, 0.2) is 5.82 Å². The highest BCUT2D eigenvalue weighted by Crippen LogP contribution is 2.12. The van der Waals surface area contributed by atoms with E-state index in [1.54, 1.807) is 23.9 Å². The number of rotatable bonds is 7. The van der Waals surface area contributed by atoms with E-state index in [2.05, 4.69) is 15.5 Å². The van der Waals surface area contributed by atoms with Crippen molar-refractivity contribution >= 4 is 17.5 Å². The topological polar surface area (TPSA) is 108 Å². The summed E-state index contributed by atoms with van der Waals surface area (Å²) in [4.78, 5) is 22.2. The van der Waals surface area contributed by atoms with Crippen LogP contribution in [0.4, 0.5) is 11.6 Å². The third-order valence-electron chi connectivity index (χ3n) is 3.80. The zero-order valence-corrected chi connectivity index (χ0v) is 14.2. The molecule has 1 amide bonds. The minimum absolute atomic E-state index is 0.144. The molecule has 9 nitrogen and oxygen atoms in total. The summed E-state index contributed by atoms with van der Waals surface area (Å²) in [6.07, 6.45) is 1.94. The van der Waals surface area contributed by atoms with Crippen molar-refractivity contribution in [2.75, 3.05) is 5.32 Å². The molecular formula is C17H18N6O3. The normalized spacial score (nSPS) is 10.7. The molecule has 26 heavy (non-hydrogen) atoms. The Kier molecular flexibility index (Phi) is 5.07. The highest BCUT2D eigenvalue weighted by atomic mass is 16.6. The summed E-state index contributed by atoms with van der Waals surface area (Å²) in [6.45, 7) is 2.59. The van der Waals surface area contributed by atoms with E-state index in [-0.39, 0.29) is 24.7 Å². The van der Waals surface area contributed by atoms with Gasteiger partial charge in [0.1, 0.15) is 0 Å². The van der Waals surface area contributed by atoms with Crippen LogP contribution in [-0.4, -0.2) is 30.4 Å². The lowest BCUT2D eigenvalue weighted by Crippen LogP contribution is -2.16. The first kappa shape index (κ1) is 17.3. The molecule has 1 aromatic carbocycles. The number of carbonyl (C=O) groups excluding carboxylic acids is 1. The molecule has 0 spiro atoms. The van der Waals surface area contributed by atoms with Gasteiger partial charge in [-0.25, -0.2) is 0 Å². The predicted molar refractivity (Wildman–Crippen MR) is 94.6 cm³/mol. The average molecular weight is 354 g/mol. The van der Waals surface area contributed by atoms with E-state index < -0.39 is 4.92 Å². The Labute approximate surface area is 149 Å². The number of nitrogens with one attached hydrogen (secondary N) is 1. The van der Waals surface area contributed by atoms with E-state index in [0.717, 1.165) is 5.56 Å². The maximum absolute atomic E-state index is 12.1. The molecule has 0 saturated carbocycles. The van der Waals surface area contributed by atoms with Crippen LogP contribution in [0.3, 0.4) is 0 Å². The minimum atomic E-state index is -0.553. The van der Waals surface area contributed by atoms with Crippen molar-refractivity contribution in [3.8, 4) is 0 Å². The third-order valence-corrected chi connectivity index (χ3v) is 3.80. The van der Waals surface area contributed by atoms with Gasteiger partial charge in [-0.3, -0.25) is 9.48 Å². The number of nitrogens with zero attached hydrogens (tertiary/aromatic N) is 5. The van der Waals surface area contributed by atoms with Crippen LogP contribution in [-0.2, 0) is 17.9 Å². The van der Waals surface area contributed by atoms with Crippen molar-refractivity contribution in [1.29, 1.82) is 0 Å². The molecule has 0 fully saturated rings. The molecule has 0 radical (unpaired) electrons. The maximum Gasteiger partial charge on any atom is 0.390 e. The smallest absolute Gasteiger partial charge is 0.358 e. The van der Waals surface area contributed by atoms with Crippen LogP contribution in [0.25, 0.3) is 0 Å². The van der Waals surface area contributed by atoms with E-state index in [4.69, 9.17) is 0 Å². The summed E-state index contributed by atoms with van der Waals surface area (Å²) < 4.78 is 3.19. The summed E-state index contributed by atoms with van der Waals surface area (Å²) in [5, 5.41) is 21.6. The number of anilines is 1. The summed E-state index contributed by atoms with van der Waals surface area (Å²) in [5.74, 6) is 0.0178. The predicted octanol–water partition coefficient (Wildman–Crippen LogP) is 2.37. The summed E-state index contributed by atoms with van der Waals surface area (Å²) in [5.41, 5.74) is 1.75. The number of benzene rings is 1. The Morgan fingerprint density at radius 3 is 2.69 bits per heavy atom. The Bertz CT molecular complexity index is 916. The summed E-state index contributed by atoms with van der Waals surface area (Å²) >= 11 is 0. The van der Waals surface area contributed by atoms with Gasteiger partial charge in [-0.2, -0.15) is 9.78 Å². The van der Waals surface area contributed by atoms with Crippen molar-refractivity contribution in [2.24, 2.45) is 0 Å². The molecule has 3 rings (SSSR count).